The number of sulfonamides is 1. The van der Waals surface area contributed by atoms with E-state index >= 15 is 0 Å². The van der Waals surface area contributed by atoms with Crippen LogP contribution in [0.2, 0.25) is 0 Å². The van der Waals surface area contributed by atoms with Crippen LogP contribution in [0.3, 0.4) is 0 Å². The molecule has 1 saturated heterocycles. The number of benzene rings is 1. The van der Waals surface area contributed by atoms with E-state index in [2.05, 4.69) is 4.90 Å². The average Bonchev–Trinajstić information content (AvgIpc) is 2.92. The predicted molar refractivity (Wildman–Crippen MR) is 81.7 cm³/mol. The number of rotatable bonds is 3. The van der Waals surface area contributed by atoms with Gasteiger partial charge in [-0.1, -0.05) is 18.2 Å². The molecule has 1 aliphatic heterocycles. The van der Waals surface area contributed by atoms with Crippen LogP contribution in [-0.4, -0.2) is 50.8 Å². The van der Waals surface area contributed by atoms with Gasteiger partial charge < -0.3 is 9.32 Å². The van der Waals surface area contributed by atoms with Crippen molar-refractivity contribution in [3.63, 3.8) is 0 Å². The fourth-order valence-corrected chi connectivity index (χ4v) is 4.23. The van der Waals surface area contributed by atoms with Crippen LogP contribution in [-0.2, 0) is 10.0 Å². The second-order valence-corrected chi connectivity index (χ2v) is 7.57. The third kappa shape index (κ3) is 2.71. The Bertz CT molecular complexity index is 695. The Labute approximate surface area is 125 Å². The van der Waals surface area contributed by atoms with Gasteiger partial charge in [-0.2, -0.15) is 4.31 Å². The number of fused-ring (bicyclic) bond motifs is 1. The zero-order chi connectivity index (χ0) is 15.0. The number of nitrogens with zero attached hydrogens (tertiary/aromatic N) is 2. The lowest BCUT2D eigenvalue weighted by Gasteiger charge is -2.33. The molecule has 0 unspecified atom stereocenters. The molecule has 0 atom stereocenters. The van der Waals surface area contributed by atoms with Gasteiger partial charge in [0, 0.05) is 30.6 Å². The number of hydrogen-bond acceptors (Lipinski definition) is 4. The van der Waals surface area contributed by atoms with Crippen LogP contribution in [0.25, 0.3) is 11.0 Å². The van der Waals surface area contributed by atoms with Crippen LogP contribution >= 0.6 is 0 Å². The van der Waals surface area contributed by atoms with Gasteiger partial charge >= 0.3 is 0 Å². The Balaban J connectivity index is 1.84. The summed E-state index contributed by atoms with van der Waals surface area (Å²) in [4.78, 5) is 2.16. The van der Waals surface area contributed by atoms with Gasteiger partial charge in [-0.05, 0) is 33.0 Å². The van der Waals surface area contributed by atoms with Crippen molar-refractivity contribution in [1.82, 2.24) is 9.21 Å². The summed E-state index contributed by atoms with van der Waals surface area (Å²) in [5, 5.41) is 0.867. The lowest BCUT2D eigenvalue weighted by Crippen LogP contribution is -2.44. The van der Waals surface area contributed by atoms with Crippen molar-refractivity contribution in [2.75, 3.05) is 27.2 Å². The molecule has 0 radical (unpaired) electrons. The molecule has 0 saturated carbocycles. The van der Waals surface area contributed by atoms with E-state index in [1.54, 1.807) is 12.1 Å². The third-order valence-electron chi connectivity index (χ3n) is 4.15. The van der Waals surface area contributed by atoms with Gasteiger partial charge in [0.15, 0.2) is 0 Å². The Hall–Kier alpha value is -1.37. The SMILES string of the molecule is CN(C)C1CCN(S(=O)(=O)c2cc3ccccc3o2)CC1. The maximum atomic E-state index is 12.7. The van der Waals surface area contributed by atoms with Crippen molar-refractivity contribution in [3.05, 3.63) is 30.3 Å². The summed E-state index contributed by atoms with van der Waals surface area (Å²) >= 11 is 0. The quantitative estimate of drug-likeness (QED) is 0.872. The molecule has 0 bridgehead atoms. The molecule has 2 heterocycles. The highest BCUT2D eigenvalue weighted by Crippen LogP contribution is 2.27. The van der Waals surface area contributed by atoms with Crippen molar-refractivity contribution in [2.24, 2.45) is 0 Å². The number of para-hydroxylation sites is 1. The molecule has 5 nitrogen and oxygen atoms in total. The number of piperidine rings is 1. The summed E-state index contributed by atoms with van der Waals surface area (Å²) in [6, 6.07) is 9.42. The van der Waals surface area contributed by atoms with Gasteiger partial charge in [0.25, 0.3) is 10.0 Å². The van der Waals surface area contributed by atoms with E-state index in [-0.39, 0.29) is 5.09 Å². The van der Waals surface area contributed by atoms with E-state index in [0.29, 0.717) is 24.7 Å². The second-order valence-electron chi connectivity index (χ2n) is 5.70. The zero-order valence-electron chi connectivity index (χ0n) is 12.3. The Morgan fingerprint density at radius 3 is 2.48 bits per heavy atom. The van der Waals surface area contributed by atoms with Gasteiger partial charge in [0.1, 0.15) is 5.58 Å². The van der Waals surface area contributed by atoms with Crippen molar-refractivity contribution in [3.8, 4) is 0 Å². The monoisotopic (exact) mass is 308 g/mol. The van der Waals surface area contributed by atoms with E-state index < -0.39 is 10.0 Å². The first kappa shape index (κ1) is 14.6. The van der Waals surface area contributed by atoms with E-state index in [4.69, 9.17) is 4.42 Å². The molecule has 1 aromatic heterocycles. The standard InChI is InChI=1S/C15H20N2O3S/c1-16(2)13-7-9-17(10-8-13)21(18,19)15-11-12-5-3-4-6-14(12)20-15/h3-6,11,13H,7-10H2,1-2H3. The smallest absolute Gasteiger partial charge is 0.276 e. The third-order valence-corrected chi connectivity index (χ3v) is 5.91. The minimum atomic E-state index is -3.52. The molecule has 0 N–H and O–H groups in total. The van der Waals surface area contributed by atoms with Crippen LogP contribution in [0.15, 0.2) is 39.8 Å². The molecule has 0 spiro atoms. The minimum Gasteiger partial charge on any atom is -0.443 e. The van der Waals surface area contributed by atoms with Crippen molar-refractivity contribution < 1.29 is 12.8 Å². The van der Waals surface area contributed by atoms with E-state index in [1.165, 1.54) is 4.31 Å². The Morgan fingerprint density at radius 1 is 1.19 bits per heavy atom. The highest BCUT2D eigenvalue weighted by molar-refractivity contribution is 7.89. The van der Waals surface area contributed by atoms with Gasteiger partial charge in [-0.3, -0.25) is 0 Å². The molecule has 2 aromatic rings. The lowest BCUT2D eigenvalue weighted by atomic mass is 10.1. The maximum Gasteiger partial charge on any atom is 0.276 e. The zero-order valence-corrected chi connectivity index (χ0v) is 13.1. The molecule has 21 heavy (non-hydrogen) atoms. The molecule has 3 rings (SSSR count). The Kier molecular flexibility index (Phi) is 3.77. The van der Waals surface area contributed by atoms with Crippen molar-refractivity contribution in [2.45, 2.75) is 24.0 Å². The van der Waals surface area contributed by atoms with Crippen LogP contribution < -0.4 is 0 Å². The number of hydrogen-bond donors (Lipinski definition) is 0. The summed E-state index contributed by atoms with van der Waals surface area (Å²) in [6.45, 7) is 1.09. The molecular weight excluding hydrogens is 288 g/mol. The van der Waals surface area contributed by atoms with Gasteiger partial charge in [0.2, 0.25) is 5.09 Å². The first-order valence-electron chi connectivity index (χ1n) is 7.13. The van der Waals surface area contributed by atoms with Crippen LogP contribution in [0.4, 0.5) is 0 Å². The predicted octanol–water partition coefficient (Wildman–Crippen LogP) is 2.15. The van der Waals surface area contributed by atoms with E-state index in [9.17, 15) is 8.42 Å². The lowest BCUT2D eigenvalue weighted by molar-refractivity contribution is 0.195. The molecule has 1 fully saturated rings. The van der Waals surface area contributed by atoms with Crippen LogP contribution in [0.1, 0.15) is 12.8 Å². The van der Waals surface area contributed by atoms with Crippen LogP contribution in [0.5, 0.6) is 0 Å². The minimum absolute atomic E-state index is 0.0482. The second kappa shape index (κ2) is 5.44. The molecule has 1 aliphatic rings. The summed E-state index contributed by atoms with van der Waals surface area (Å²) in [7, 11) is 0.547. The summed E-state index contributed by atoms with van der Waals surface area (Å²) < 4.78 is 32.4. The first-order chi connectivity index (χ1) is 9.98. The van der Waals surface area contributed by atoms with E-state index in [0.717, 1.165) is 18.2 Å². The summed E-state index contributed by atoms with van der Waals surface area (Å²) in [5.41, 5.74) is 0.610. The molecule has 1 aromatic carbocycles. The fourth-order valence-electron chi connectivity index (χ4n) is 2.81. The topological polar surface area (TPSA) is 53.8 Å². The maximum absolute atomic E-state index is 12.7. The molecule has 0 amide bonds. The van der Waals surface area contributed by atoms with E-state index in [1.807, 2.05) is 32.3 Å². The molecule has 0 aliphatic carbocycles. The van der Waals surface area contributed by atoms with Crippen LogP contribution in [0, 0.1) is 0 Å². The van der Waals surface area contributed by atoms with Gasteiger partial charge in [-0.25, -0.2) is 8.42 Å². The largest absolute Gasteiger partial charge is 0.443 e. The highest BCUT2D eigenvalue weighted by atomic mass is 32.2. The average molecular weight is 308 g/mol. The highest BCUT2D eigenvalue weighted by Gasteiger charge is 2.32. The van der Waals surface area contributed by atoms with Crippen molar-refractivity contribution in [1.29, 1.82) is 0 Å². The molecular formula is C15H20N2O3S. The summed E-state index contributed by atoms with van der Waals surface area (Å²) in [5.74, 6) is 0. The van der Waals surface area contributed by atoms with Crippen molar-refractivity contribution >= 4 is 21.0 Å². The fraction of sp³-hybridized carbons (Fsp3) is 0.467. The number of furan rings is 1. The normalized spacial score (nSPS) is 18.6. The Morgan fingerprint density at radius 2 is 1.86 bits per heavy atom. The van der Waals surface area contributed by atoms with Gasteiger partial charge in [-0.15, -0.1) is 0 Å². The molecule has 6 heteroatoms. The summed E-state index contributed by atoms with van der Waals surface area (Å²) in [6.07, 6.45) is 1.71. The first-order valence-corrected chi connectivity index (χ1v) is 8.57. The molecule has 114 valence electrons. The van der Waals surface area contributed by atoms with Gasteiger partial charge in [0.05, 0.1) is 0 Å².